The molecule has 0 atom stereocenters. The first kappa shape index (κ1) is 23.8. The van der Waals surface area contributed by atoms with Gasteiger partial charge in [-0.15, -0.1) is 0 Å². The topological polar surface area (TPSA) is 61.9 Å². The fourth-order valence-corrected chi connectivity index (χ4v) is 4.07. The van der Waals surface area contributed by atoms with Crippen LogP contribution in [0.15, 0.2) is 48.5 Å². The monoisotopic (exact) mass is 437 g/mol. The molecule has 1 aliphatic heterocycles. The Kier molecular flexibility index (Phi) is 9.11. The van der Waals surface area contributed by atoms with Gasteiger partial charge in [0.05, 0.1) is 24.0 Å². The molecule has 32 heavy (non-hydrogen) atoms. The Morgan fingerprint density at radius 2 is 1.72 bits per heavy atom. The van der Waals surface area contributed by atoms with Crippen molar-refractivity contribution in [1.29, 1.82) is 0 Å². The average Bonchev–Trinajstić information content (AvgIpc) is 2.82. The molecule has 6 heteroatoms. The van der Waals surface area contributed by atoms with Gasteiger partial charge in [0.25, 0.3) is 0 Å². The highest BCUT2D eigenvalue weighted by atomic mass is 16.5. The third-order valence-electron chi connectivity index (χ3n) is 5.91. The largest absolute Gasteiger partial charge is 0.465 e. The number of unbranched alkanes of at least 4 members (excludes halogenated alkanes) is 3. The minimum absolute atomic E-state index is 0.00733. The fraction of sp³-hybridized carbons (Fsp3) is 0.462. The maximum Gasteiger partial charge on any atom is 0.337 e. The van der Waals surface area contributed by atoms with Crippen LogP contribution in [-0.4, -0.2) is 50.1 Å². The third kappa shape index (κ3) is 6.82. The molecular weight excluding hydrogens is 402 g/mol. The van der Waals surface area contributed by atoms with Gasteiger partial charge < -0.3 is 15.0 Å². The summed E-state index contributed by atoms with van der Waals surface area (Å²) in [5, 5.41) is 3.05. The Hall–Kier alpha value is -2.86. The Morgan fingerprint density at radius 3 is 2.41 bits per heavy atom. The molecule has 1 aliphatic rings. The van der Waals surface area contributed by atoms with Crippen LogP contribution in [0.1, 0.15) is 54.9 Å². The van der Waals surface area contributed by atoms with Gasteiger partial charge in [-0.3, -0.25) is 9.69 Å². The minimum atomic E-state index is -0.400. The van der Waals surface area contributed by atoms with Crippen LogP contribution >= 0.6 is 0 Å². The minimum Gasteiger partial charge on any atom is -0.465 e. The number of nitrogens with one attached hydrogen (secondary N) is 1. The van der Waals surface area contributed by atoms with E-state index in [-0.39, 0.29) is 5.91 Å². The summed E-state index contributed by atoms with van der Waals surface area (Å²) in [7, 11) is 1.37. The van der Waals surface area contributed by atoms with Crippen LogP contribution in [0, 0.1) is 0 Å². The average molecular weight is 438 g/mol. The normalized spacial score (nSPS) is 14.2. The zero-order valence-electron chi connectivity index (χ0n) is 19.3. The van der Waals surface area contributed by atoms with E-state index in [4.69, 9.17) is 4.74 Å². The number of anilines is 2. The molecular formula is C26H35N3O3. The summed E-state index contributed by atoms with van der Waals surface area (Å²) in [4.78, 5) is 29.3. The number of hydrogen-bond donors (Lipinski definition) is 1. The van der Waals surface area contributed by atoms with Crippen molar-refractivity contribution in [1.82, 2.24) is 4.90 Å². The number of ether oxygens (including phenoxy) is 1. The molecule has 0 unspecified atom stereocenters. The van der Waals surface area contributed by atoms with Crippen LogP contribution < -0.4 is 10.2 Å². The molecule has 1 N–H and O–H groups in total. The Balaban J connectivity index is 1.66. The molecule has 0 aromatic heterocycles. The maximum absolute atomic E-state index is 12.6. The van der Waals surface area contributed by atoms with Gasteiger partial charge in [-0.25, -0.2) is 4.79 Å². The number of rotatable bonds is 10. The summed E-state index contributed by atoms with van der Waals surface area (Å²) in [6.07, 6.45) is 4.71. The lowest BCUT2D eigenvalue weighted by molar-refractivity contribution is -0.116. The van der Waals surface area contributed by atoms with Gasteiger partial charge in [0.2, 0.25) is 5.91 Å². The van der Waals surface area contributed by atoms with Crippen LogP contribution in [0.2, 0.25) is 0 Å². The second-order valence-electron chi connectivity index (χ2n) is 8.33. The summed E-state index contributed by atoms with van der Waals surface area (Å²) >= 11 is 0. The highest BCUT2D eigenvalue weighted by molar-refractivity contribution is 5.98. The van der Waals surface area contributed by atoms with Gasteiger partial charge in [-0.05, 0) is 30.2 Å². The van der Waals surface area contributed by atoms with Gasteiger partial charge in [-0.2, -0.15) is 0 Å². The van der Waals surface area contributed by atoms with Crippen molar-refractivity contribution in [3.63, 3.8) is 0 Å². The van der Waals surface area contributed by atoms with Crippen molar-refractivity contribution >= 4 is 23.3 Å². The molecule has 0 aliphatic carbocycles. The standard InChI is InChI=1S/C26H35N3O3/c1-3-4-5-9-12-25(30)27-23-19-22(26(31)32-2)13-14-24(23)29-17-15-28(16-18-29)20-21-10-7-6-8-11-21/h6-8,10-11,13-14,19H,3-5,9,12,15-18,20H2,1-2H3,(H,27,30). The summed E-state index contributed by atoms with van der Waals surface area (Å²) in [5.74, 6) is -0.408. The summed E-state index contributed by atoms with van der Waals surface area (Å²) < 4.78 is 4.87. The van der Waals surface area contributed by atoms with Gasteiger partial charge >= 0.3 is 5.97 Å². The Labute approximate surface area is 191 Å². The number of carbonyl (C=O) groups is 2. The molecule has 1 heterocycles. The predicted octanol–water partition coefficient (Wildman–Crippen LogP) is 4.70. The second-order valence-corrected chi connectivity index (χ2v) is 8.33. The molecule has 172 valence electrons. The van der Waals surface area contributed by atoms with Gasteiger partial charge in [0.15, 0.2) is 0 Å². The van der Waals surface area contributed by atoms with Gasteiger partial charge in [0.1, 0.15) is 0 Å². The van der Waals surface area contributed by atoms with Crippen molar-refractivity contribution in [3.05, 3.63) is 59.7 Å². The zero-order chi connectivity index (χ0) is 22.8. The van der Waals surface area contributed by atoms with Crippen LogP contribution in [-0.2, 0) is 16.1 Å². The van der Waals surface area contributed by atoms with Crippen molar-refractivity contribution in [2.75, 3.05) is 43.5 Å². The first-order valence-electron chi connectivity index (χ1n) is 11.6. The van der Waals surface area contributed by atoms with E-state index < -0.39 is 5.97 Å². The van der Waals surface area contributed by atoms with E-state index in [9.17, 15) is 9.59 Å². The highest BCUT2D eigenvalue weighted by Crippen LogP contribution is 2.29. The van der Waals surface area contributed by atoms with Crippen molar-refractivity contribution in [3.8, 4) is 0 Å². The van der Waals surface area contributed by atoms with E-state index >= 15 is 0 Å². The number of benzene rings is 2. The number of esters is 1. The van der Waals surface area contributed by atoms with Crippen molar-refractivity contribution in [2.24, 2.45) is 0 Å². The van der Waals surface area contributed by atoms with Gasteiger partial charge in [0, 0.05) is 39.1 Å². The van der Waals surface area contributed by atoms with E-state index in [0.717, 1.165) is 64.1 Å². The van der Waals surface area contributed by atoms with E-state index in [2.05, 4.69) is 46.3 Å². The number of methoxy groups -OCH3 is 1. The first-order valence-corrected chi connectivity index (χ1v) is 11.6. The number of carbonyl (C=O) groups excluding carboxylic acids is 2. The van der Waals surface area contributed by atoms with E-state index in [1.807, 2.05) is 12.1 Å². The van der Waals surface area contributed by atoms with Crippen LogP contribution in [0.4, 0.5) is 11.4 Å². The molecule has 0 saturated carbocycles. The molecule has 2 aromatic carbocycles. The molecule has 1 amide bonds. The molecule has 0 radical (unpaired) electrons. The van der Waals surface area contributed by atoms with Crippen molar-refractivity contribution < 1.29 is 14.3 Å². The van der Waals surface area contributed by atoms with E-state index in [1.165, 1.54) is 12.7 Å². The smallest absolute Gasteiger partial charge is 0.337 e. The lowest BCUT2D eigenvalue weighted by Crippen LogP contribution is -2.46. The first-order chi connectivity index (χ1) is 15.6. The fourth-order valence-electron chi connectivity index (χ4n) is 4.07. The van der Waals surface area contributed by atoms with Gasteiger partial charge in [-0.1, -0.05) is 56.5 Å². The third-order valence-corrected chi connectivity index (χ3v) is 5.91. The molecule has 0 bridgehead atoms. The van der Waals surface area contributed by atoms with Crippen LogP contribution in [0.5, 0.6) is 0 Å². The molecule has 0 spiro atoms. The van der Waals surface area contributed by atoms with E-state index in [1.54, 1.807) is 12.1 Å². The summed E-state index contributed by atoms with van der Waals surface area (Å²) in [6, 6.07) is 15.9. The maximum atomic E-state index is 12.6. The quantitative estimate of drug-likeness (QED) is 0.431. The highest BCUT2D eigenvalue weighted by Gasteiger charge is 2.21. The lowest BCUT2D eigenvalue weighted by atomic mass is 10.1. The zero-order valence-corrected chi connectivity index (χ0v) is 19.3. The van der Waals surface area contributed by atoms with E-state index in [0.29, 0.717) is 17.7 Å². The Morgan fingerprint density at radius 1 is 0.969 bits per heavy atom. The number of piperazine rings is 1. The molecule has 1 fully saturated rings. The van der Waals surface area contributed by atoms with Crippen LogP contribution in [0.3, 0.4) is 0 Å². The molecule has 1 saturated heterocycles. The summed E-state index contributed by atoms with van der Waals surface area (Å²) in [6.45, 7) is 6.71. The molecule has 2 aromatic rings. The van der Waals surface area contributed by atoms with Crippen molar-refractivity contribution in [2.45, 2.75) is 45.6 Å². The SMILES string of the molecule is CCCCCCC(=O)Nc1cc(C(=O)OC)ccc1N1CCN(Cc2ccccc2)CC1. The second kappa shape index (κ2) is 12.2. The molecule has 6 nitrogen and oxygen atoms in total. The predicted molar refractivity (Wildman–Crippen MR) is 129 cm³/mol. The number of nitrogens with zero attached hydrogens (tertiary/aromatic N) is 2. The summed E-state index contributed by atoms with van der Waals surface area (Å²) in [5.41, 5.74) is 3.41. The number of amides is 1. The lowest BCUT2D eigenvalue weighted by Gasteiger charge is -2.37. The van der Waals surface area contributed by atoms with Crippen LogP contribution in [0.25, 0.3) is 0 Å². The Bertz CT molecular complexity index is 877. The molecule has 3 rings (SSSR count). The number of hydrogen-bond acceptors (Lipinski definition) is 5.